The van der Waals surface area contributed by atoms with Crippen LogP contribution in [0.1, 0.15) is 43.0 Å². The fourth-order valence-corrected chi connectivity index (χ4v) is 3.81. The lowest BCUT2D eigenvalue weighted by Crippen LogP contribution is -2.57. The molecular weight excluding hydrogens is 428 g/mol. The van der Waals surface area contributed by atoms with E-state index in [1.54, 1.807) is 29.2 Å². The lowest BCUT2D eigenvalue weighted by molar-refractivity contribution is -0.148. The van der Waals surface area contributed by atoms with Crippen molar-refractivity contribution < 1.29 is 28.7 Å². The summed E-state index contributed by atoms with van der Waals surface area (Å²) in [5.74, 6) is -1.26. The number of anilines is 1. The van der Waals surface area contributed by atoms with E-state index in [2.05, 4.69) is 16.0 Å². The third-order valence-corrected chi connectivity index (χ3v) is 5.56. The molecule has 2 heterocycles. The molecule has 2 unspecified atom stereocenters. The first-order valence-electron chi connectivity index (χ1n) is 11.4. The smallest absolute Gasteiger partial charge is 0.307 e. The maximum atomic E-state index is 12.6. The van der Waals surface area contributed by atoms with E-state index in [1.165, 1.54) is 0 Å². The number of rotatable bonds is 10. The van der Waals surface area contributed by atoms with Crippen molar-refractivity contribution in [3.8, 4) is 0 Å². The van der Waals surface area contributed by atoms with Crippen LogP contribution in [0.4, 0.5) is 5.69 Å². The van der Waals surface area contributed by atoms with Crippen molar-refractivity contribution in [3.63, 3.8) is 0 Å². The number of amides is 3. The highest BCUT2D eigenvalue weighted by Gasteiger charge is 2.33. The molecule has 2 fully saturated rings. The molecule has 180 valence electrons. The Morgan fingerprint density at radius 2 is 2.03 bits per heavy atom. The Labute approximate surface area is 193 Å². The van der Waals surface area contributed by atoms with Crippen molar-refractivity contribution in [2.45, 2.75) is 44.8 Å². The van der Waals surface area contributed by atoms with Gasteiger partial charge >= 0.3 is 5.97 Å². The average Bonchev–Trinajstić information content (AvgIpc) is 3.32. The Morgan fingerprint density at radius 1 is 1.24 bits per heavy atom. The number of benzene rings is 1. The van der Waals surface area contributed by atoms with Crippen LogP contribution in [-0.2, 0) is 23.9 Å². The van der Waals surface area contributed by atoms with Gasteiger partial charge in [-0.2, -0.15) is 0 Å². The molecule has 1 aromatic rings. The zero-order valence-electron chi connectivity index (χ0n) is 18.9. The second kappa shape index (κ2) is 12.3. The Bertz CT molecular complexity index is 838. The molecule has 1 aromatic carbocycles. The number of hydrogen-bond donors (Lipinski definition) is 3. The molecule has 10 heteroatoms. The fraction of sp³-hybridized carbons (Fsp3) is 0.565. The van der Waals surface area contributed by atoms with Gasteiger partial charge in [-0.3, -0.25) is 24.1 Å². The first-order chi connectivity index (χ1) is 16.0. The van der Waals surface area contributed by atoms with Crippen molar-refractivity contribution in [1.82, 2.24) is 15.5 Å². The first kappa shape index (κ1) is 24.7. The molecular formula is C23H32N4O6. The lowest BCUT2D eigenvalue weighted by atomic mass is 10.1. The molecule has 33 heavy (non-hydrogen) atoms. The molecule has 2 saturated heterocycles. The summed E-state index contributed by atoms with van der Waals surface area (Å²) >= 11 is 0. The summed E-state index contributed by atoms with van der Waals surface area (Å²) in [4.78, 5) is 50.8. The van der Waals surface area contributed by atoms with Crippen molar-refractivity contribution in [1.29, 1.82) is 0 Å². The molecule has 3 rings (SSSR count). The van der Waals surface area contributed by atoms with Crippen LogP contribution in [0.5, 0.6) is 0 Å². The highest BCUT2D eigenvalue weighted by molar-refractivity contribution is 5.96. The van der Waals surface area contributed by atoms with Crippen LogP contribution in [0.3, 0.4) is 0 Å². The van der Waals surface area contributed by atoms with Gasteiger partial charge in [-0.05, 0) is 43.5 Å². The van der Waals surface area contributed by atoms with E-state index in [-0.39, 0.29) is 36.8 Å². The molecule has 0 bridgehead atoms. The number of ether oxygens (including phenoxy) is 2. The van der Waals surface area contributed by atoms with Gasteiger partial charge in [-0.1, -0.05) is 6.92 Å². The summed E-state index contributed by atoms with van der Waals surface area (Å²) in [6, 6.07) is 5.84. The molecule has 10 nitrogen and oxygen atoms in total. The molecule has 0 radical (unpaired) electrons. The Kier molecular flexibility index (Phi) is 9.20. The maximum Gasteiger partial charge on any atom is 0.307 e. The summed E-state index contributed by atoms with van der Waals surface area (Å²) in [5.41, 5.74) is 1.03. The Balaban J connectivity index is 1.49. The second-order valence-corrected chi connectivity index (χ2v) is 8.17. The second-order valence-electron chi connectivity index (χ2n) is 8.17. The third kappa shape index (κ3) is 7.54. The van der Waals surface area contributed by atoms with Crippen molar-refractivity contribution in [3.05, 3.63) is 29.8 Å². The van der Waals surface area contributed by atoms with E-state index in [9.17, 15) is 19.2 Å². The monoisotopic (exact) mass is 460 g/mol. The highest BCUT2D eigenvalue weighted by Crippen LogP contribution is 2.14. The Morgan fingerprint density at radius 3 is 2.73 bits per heavy atom. The minimum atomic E-state index is -0.747. The average molecular weight is 461 g/mol. The number of hydrogen-bond acceptors (Lipinski definition) is 7. The van der Waals surface area contributed by atoms with Crippen LogP contribution < -0.4 is 16.0 Å². The quantitative estimate of drug-likeness (QED) is 0.438. The molecule has 3 amide bonds. The molecule has 2 aliphatic rings. The van der Waals surface area contributed by atoms with Gasteiger partial charge < -0.3 is 25.4 Å². The first-order valence-corrected chi connectivity index (χ1v) is 11.4. The van der Waals surface area contributed by atoms with Gasteiger partial charge in [-0.15, -0.1) is 0 Å². The van der Waals surface area contributed by atoms with Crippen molar-refractivity contribution in [2.24, 2.45) is 0 Å². The van der Waals surface area contributed by atoms with E-state index in [1.807, 2.05) is 6.92 Å². The van der Waals surface area contributed by atoms with Crippen LogP contribution in [0.25, 0.3) is 0 Å². The number of carbonyl (C=O) groups is 4. The summed E-state index contributed by atoms with van der Waals surface area (Å²) < 4.78 is 10.6. The molecule has 0 spiro atoms. The summed E-state index contributed by atoms with van der Waals surface area (Å²) in [5, 5.41) is 8.36. The third-order valence-electron chi connectivity index (χ3n) is 5.56. The number of piperazine rings is 1. The molecule has 3 N–H and O–H groups in total. The van der Waals surface area contributed by atoms with Gasteiger partial charge in [-0.25, -0.2) is 0 Å². The minimum absolute atomic E-state index is 0.0389. The van der Waals surface area contributed by atoms with Crippen LogP contribution in [-0.4, -0.2) is 80.1 Å². The summed E-state index contributed by atoms with van der Waals surface area (Å²) in [7, 11) is 0. The van der Waals surface area contributed by atoms with Crippen LogP contribution in [0.15, 0.2) is 24.3 Å². The highest BCUT2D eigenvalue weighted by atomic mass is 16.5. The number of carbonyl (C=O) groups excluding carboxylic acids is 4. The summed E-state index contributed by atoms with van der Waals surface area (Å²) in [6.07, 6.45) is 2.63. The molecule has 2 atom stereocenters. The van der Waals surface area contributed by atoms with Gasteiger partial charge in [0.05, 0.1) is 25.7 Å². The van der Waals surface area contributed by atoms with Gasteiger partial charge in [0, 0.05) is 37.5 Å². The van der Waals surface area contributed by atoms with Crippen LogP contribution in [0.2, 0.25) is 0 Å². The topological polar surface area (TPSA) is 126 Å². The zero-order chi connectivity index (χ0) is 23.6. The molecule has 2 aliphatic heterocycles. The van der Waals surface area contributed by atoms with Crippen molar-refractivity contribution >= 4 is 29.4 Å². The van der Waals surface area contributed by atoms with Gasteiger partial charge in [0.2, 0.25) is 11.8 Å². The predicted molar refractivity (Wildman–Crippen MR) is 121 cm³/mol. The number of esters is 1. The van der Waals surface area contributed by atoms with Crippen LogP contribution in [0, 0.1) is 0 Å². The summed E-state index contributed by atoms with van der Waals surface area (Å²) in [6.45, 7) is 4.23. The van der Waals surface area contributed by atoms with E-state index in [0.717, 1.165) is 19.4 Å². The lowest BCUT2D eigenvalue weighted by Gasteiger charge is -2.33. The van der Waals surface area contributed by atoms with E-state index >= 15 is 0 Å². The number of nitrogens with one attached hydrogen (secondary N) is 3. The largest absolute Gasteiger partial charge is 0.466 e. The van der Waals surface area contributed by atoms with Crippen LogP contribution >= 0.6 is 0 Å². The zero-order valence-corrected chi connectivity index (χ0v) is 18.9. The molecule has 0 aliphatic carbocycles. The van der Waals surface area contributed by atoms with Gasteiger partial charge in [0.15, 0.2) is 0 Å². The van der Waals surface area contributed by atoms with Gasteiger partial charge in [0.1, 0.15) is 6.04 Å². The molecule has 0 saturated carbocycles. The normalized spacial score (nSPS) is 20.7. The minimum Gasteiger partial charge on any atom is -0.466 e. The van der Waals surface area contributed by atoms with E-state index in [4.69, 9.17) is 9.47 Å². The van der Waals surface area contributed by atoms with Gasteiger partial charge in [0.25, 0.3) is 5.91 Å². The fourth-order valence-electron chi connectivity index (χ4n) is 3.81. The van der Waals surface area contributed by atoms with Crippen molar-refractivity contribution in [2.75, 3.05) is 44.7 Å². The predicted octanol–water partition coefficient (Wildman–Crippen LogP) is 0.678. The SMILES string of the molecule is CCCOC(=O)CC1C(=O)NCCN1CC(=O)Nc1ccc(C(=O)NCC2CCCO2)cc1. The maximum absolute atomic E-state index is 12.6. The Hall–Kier alpha value is -2.98. The van der Waals surface area contributed by atoms with E-state index in [0.29, 0.717) is 43.9 Å². The van der Waals surface area contributed by atoms with E-state index < -0.39 is 12.0 Å². The standard InChI is InChI=1S/C23H32N4O6/c1-2-11-33-21(29)13-19-23(31)24-9-10-27(19)15-20(28)26-17-7-5-16(6-8-17)22(30)25-14-18-4-3-12-32-18/h5-8,18-19H,2-4,9-15H2,1H3,(H,24,31)(H,25,30)(H,26,28). The number of nitrogens with zero attached hydrogens (tertiary/aromatic N) is 1. The molecule has 0 aromatic heterocycles.